The molecule has 3 heterocycles. The molecule has 1 amide bonds. The van der Waals surface area contributed by atoms with Crippen molar-refractivity contribution in [1.29, 1.82) is 0 Å². The van der Waals surface area contributed by atoms with E-state index in [9.17, 15) is 9.90 Å². The smallest absolute Gasteiger partial charge is 0.405 e. The van der Waals surface area contributed by atoms with Crippen LogP contribution in [0.15, 0.2) is 39.4 Å². The molecular formula is C21H27ClN6O4. The first-order valence-corrected chi connectivity index (χ1v) is 10.7. The summed E-state index contributed by atoms with van der Waals surface area (Å²) >= 11 is 6.39. The Morgan fingerprint density at radius 1 is 1.41 bits per heavy atom. The molecule has 1 aromatic rings. The molecule has 1 fully saturated rings. The quantitative estimate of drug-likeness (QED) is 0.463. The monoisotopic (exact) mass is 462 g/mol. The number of hydrogen-bond acceptors (Lipinski definition) is 8. The highest BCUT2D eigenvalue weighted by molar-refractivity contribution is 6.33. The van der Waals surface area contributed by atoms with Crippen LogP contribution in [-0.2, 0) is 6.54 Å². The molecule has 0 aliphatic carbocycles. The fourth-order valence-electron chi connectivity index (χ4n) is 4.49. The van der Waals surface area contributed by atoms with Gasteiger partial charge in [-0.3, -0.25) is 9.89 Å². The number of carboxylic acid groups (broad SMARTS) is 1. The van der Waals surface area contributed by atoms with Gasteiger partial charge in [-0.1, -0.05) is 17.7 Å². The minimum Gasteiger partial charge on any atom is -0.497 e. The molecule has 11 heteroatoms. The Labute approximate surface area is 191 Å². The summed E-state index contributed by atoms with van der Waals surface area (Å²) in [5.74, 6) is 2.04. The predicted octanol–water partition coefficient (Wildman–Crippen LogP) is 1.57. The molecule has 3 aliphatic heterocycles. The van der Waals surface area contributed by atoms with Gasteiger partial charge in [0.05, 0.1) is 25.7 Å². The molecule has 4 N–H and O–H groups in total. The van der Waals surface area contributed by atoms with Crippen molar-refractivity contribution in [2.45, 2.75) is 24.7 Å². The molecule has 172 valence electrons. The Balaban J connectivity index is 1.44. The van der Waals surface area contributed by atoms with Crippen LogP contribution in [0.1, 0.15) is 12.0 Å². The normalized spacial score (nSPS) is 26.7. The van der Waals surface area contributed by atoms with Crippen LogP contribution in [0.25, 0.3) is 0 Å². The van der Waals surface area contributed by atoms with E-state index in [0.29, 0.717) is 49.1 Å². The number of methoxy groups -OCH3 is 2. The van der Waals surface area contributed by atoms with Crippen molar-refractivity contribution >= 4 is 29.9 Å². The number of amides is 1. The average Bonchev–Trinajstić information content (AvgIpc) is 3.37. The average molecular weight is 463 g/mol. The number of nitrogens with zero attached hydrogens (tertiary/aromatic N) is 3. The van der Waals surface area contributed by atoms with E-state index in [1.54, 1.807) is 20.4 Å². The summed E-state index contributed by atoms with van der Waals surface area (Å²) in [6.45, 7) is 2.16. The van der Waals surface area contributed by atoms with Gasteiger partial charge in [0.25, 0.3) is 0 Å². The third kappa shape index (κ3) is 4.52. The summed E-state index contributed by atoms with van der Waals surface area (Å²) in [4.78, 5) is 22.6. The standard InChI is InChI=1S/C21H27ClN6O4/c1-31-14-4-3-13(16(7-14)32-2)8-23-10-21(27-20(29)30)5-6-28(11-21)19-17-15(22)9-24-18(17)25-12-26-19/h3-4,7,9,12,17,19,23,27H,5-6,8,10-11H2,1-2H3,(H,29,30)(H,24,25,26). The van der Waals surface area contributed by atoms with Crippen LogP contribution in [0.2, 0.25) is 0 Å². The molecular weight excluding hydrogens is 436 g/mol. The van der Waals surface area contributed by atoms with Crippen molar-refractivity contribution < 1.29 is 19.4 Å². The molecule has 4 rings (SSSR count). The molecule has 3 aliphatic rings. The van der Waals surface area contributed by atoms with Gasteiger partial charge in [-0.05, 0) is 12.5 Å². The lowest BCUT2D eigenvalue weighted by molar-refractivity contribution is 0.167. The van der Waals surface area contributed by atoms with Crippen LogP contribution >= 0.6 is 11.6 Å². The highest BCUT2D eigenvalue weighted by Crippen LogP contribution is 2.34. The van der Waals surface area contributed by atoms with Gasteiger partial charge >= 0.3 is 6.09 Å². The number of amidine groups is 1. The lowest BCUT2D eigenvalue weighted by Gasteiger charge is -2.34. The number of hydrogen-bond donors (Lipinski definition) is 4. The summed E-state index contributed by atoms with van der Waals surface area (Å²) in [7, 11) is 3.22. The van der Waals surface area contributed by atoms with Crippen molar-refractivity contribution in [3.63, 3.8) is 0 Å². The first kappa shape index (κ1) is 22.4. The topological polar surface area (TPSA) is 120 Å². The number of rotatable bonds is 8. The minimum atomic E-state index is -1.05. The number of halogens is 1. The molecule has 3 unspecified atom stereocenters. The van der Waals surface area contributed by atoms with Gasteiger partial charge in [0, 0.05) is 49.0 Å². The molecule has 0 bridgehead atoms. The summed E-state index contributed by atoms with van der Waals surface area (Å²) < 4.78 is 10.7. The Kier molecular flexibility index (Phi) is 6.54. The van der Waals surface area contributed by atoms with Crippen LogP contribution in [0.5, 0.6) is 11.5 Å². The van der Waals surface area contributed by atoms with E-state index in [2.05, 4.69) is 30.8 Å². The maximum Gasteiger partial charge on any atom is 0.405 e. The van der Waals surface area contributed by atoms with E-state index < -0.39 is 11.6 Å². The zero-order valence-electron chi connectivity index (χ0n) is 18.0. The zero-order valence-corrected chi connectivity index (χ0v) is 18.7. The van der Waals surface area contributed by atoms with Crippen LogP contribution < -0.4 is 25.4 Å². The maximum absolute atomic E-state index is 11.6. The first-order valence-electron chi connectivity index (χ1n) is 10.3. The van der Waals surface area contributed by atoms with Crippen molar-refractivity contribution in [3.8, 4) is 11.5 Å². The Morgan fingerprint density at radius 2 is 2.25 bits per heavy atom. The molecule has 10 nitrogen and oxygen atoms in total. The molecule has 3 atom stereocenters. The third-order valence-electron chi connectivity index (χ3n) is 6.07. The molecule has 1 aromatic carbocycles. The Hall–Kier alpha value is -2.82. The number of aliphatic imine (C=N–C) groups is 2. The second kappa shape index (κ2) is 9.35. The fourth-order valence-corrected chi connectivity index (χ4v) is 4.76. The number of nitrogens with one attached hydrogen (secondary N) is 3. The minimum absolute atomic E-state index is 0.154. The molecule has 0 spiro atoms. The number of carbonyl (C=O) groups is 1. The Bertz CT molecular complexity index is 968. The molecule has 0 radical (unpaired) electrons. The highest BCUT2D eigenvalue weighted by Gasteiger charge is 2.46. The number of ether oxygens (including phenoxy) is 2. The van der Waals surface area contributed by atoms with Gasteiger partial charge in [0.2, 0.25) is 0 Å². The number of benzene rings is 1. The molecule has 1 saturated heterocycles. The molecule has 0 saturated carbocycles. The lowest BCUT2D eigenvalue weighted by Crippen LogP contribution is -2.57. The predicted molar refractivity (Wildman–Crippen MR) is 122 cm³/mol. The summed E-state index contributed by atoms with van der Waals surface area (Å²) in [5.41, 5.74) is 0.304. The number of fused-ring (bicyclic) bond motifs is 1. The number of likely N-dealkylation sites (tertiary alicyclic amines) is 1. The fraction of sp³-hybridized carbons (Fsp3) is 0.476. The third-order valence-corrected chi connectivity index (χ3v) is 6.41. The van der Waals surface area contributed by atoms with Gasteiger partial charge < -0.3 is 30.5 Å². The zero-order chi connectivity index (χ0) is 22.7. The second-order valence-electron chi connectivity index (χ2n) is 8.06. The maximum atomic E-state index is 11.6. The second-order valence-corrected chi connectivity index (χ2v) is 8.49. The lowest BCUT2D eigenvalue weighted by atomic mass is 9.98. The van der Waals surface area contributed by atoms with E-state index in [-0.39, 0.29) is 12.1 Å². The van der Waals surface area contributed by atoms with Crippen molar-refractivity contribution in [3.05, 3.63) is 35.0 Å². The SMILES string of the molecule is COc1ccc(CNCC2(NC(=O)O)CCN(C3N=CN=C4NC=C(Cl)C43)C2)c(OC)c1. The van der Waals surface area contributed by atoms with Gasteiger partial charge in [-0.25, -0.2) is 9.79 Å². The summed E-state index contributed by atoms with van der Waals surface area (Å²) in [6.07, 6.45) is 2.64. The molecule has 0 aromatic heterocycles. The summed E-state index contributed by atoms with van der Waals surface area (Å²) in [5, 5.41) is 19.4. The van der Waals surface area contributed by atoms with E-state index in [1.165, 1.54) is 6.34 Å². The van der Waals surface area contributed by atoms with E-state index >= 15 is 0 Å². The van der Waals surface area contributed by atoms with Crippen LogP contribution in [0.3, 0.4) is 0 Å². The van der Waals surface area contributed by atoms with Gasteiger partial charge in [0.15, 0.2) is 0 Å². The Morgan fingerprint density at radius 3 is 3.00 bits per heavy atom. The van der Waals surface area contributed by atoms with Gasteiger partial charge in [-0.2, -0.15) is 0 Å². The van der Waals surface area contributed by atoms with E-state index in [0.717, 1.165) is 11.4 Å². The van der Waals surface area contributed by atoms with Crippen molar-refractivity contribution in [1.82, 2.24) is 20.9 Å². The van der Waals surface area contributed by atoms with Crippen molar-refractivity contribution in [2.24, 2.45) is 15.9 Å². The van der Waals surface area contributed by atoms with Crippen molar-refractivity contribution in [2.75, 3.05) is 33.9 Å². The summed E-state index contributed by atoms with van der Waals surface area (Å²) in [6, 6.07) is 5.63. The highest BCUT2D eigenvalue weighted by atomic mass is 35.5. The van der Waals surface area contributed by atoms with Crippen LogP contribution in [0, 0.1) is 5.92 Å². The van der Waals surface area contributed by atoms with Crippen LogP contribution in [-0.4, -0.2) is 73.8 Å². The largest absolute Gasteiger partial charge is 0.497 e. The van der Waals surface area contributed by atoms with Crippen LogP contribution in [0.4, 0.5) is 4.79 Å². The first-order chi connectivity index (χ1) is 15.4. The van der Waals surface area contributed by atoms with Gasteiger partial charge in [0.1, 0.15) is 29.8 Å². The van der Waals surface area contributed by atoms with Gasteiger partial charge in [-0.15, -0.1) is 0 Å². The molecule has 32 heavy (non-hydrogen) atoms. The van der Waals surface area contributed by atoms with E-state index in [4.69, 9.17) is 21.1 Å². The van der Waals surface area contributed by atoms with E-state index in [1.807, 2.05) is 18.2 Å².